The van der Waals surface area contributed by atoms with Crippen LogP contribution in [0.4, 0.5) is 0 Å². The standard InChI is InChI=1S/C8H10N2OS/c1-5-6(2)12-8(10-5)7(3-9)4-11/h7,11H,4H2,1-2H3. The Morgan fingerprint density at radius 2 is 2.33 bits per heavy atom. The van der Waals surface area contributed by atoms with Gasteiger partial charge in [-0.1, -0.05) is 0 Å². The predicted octanol–water partition coefficient (Wildman–Crippen LogP) is 1.36. The first-order chi connectivity index (χ1) is 5.69. The summed E-state index contributed by atoms with van der Waals surface area (Å²) in [5, 5.41) is 18.2. The van der Waals surface area contributed by atoms with Gasteiger partial charge in [-0.15, -0.1) is 11.3 Å². The number of nitrogens with zero attached hydrogens (tertiary/aromatic N) is 2. The average molecular weight is 182 g/mol. The molecule has 3 nitrogen and oxygen atoms in total. The van der Waals surface area contributed by atoms with Crippen LogP contribution in [0.3, 0.4) is 0 Å². The molecule has 0 fully saturated rings. The average Bonchev–Trinajstić information content (AvgIpc) is 2.35. The molecule has 0 saturated carbocycles. The number of aliphatic hydroxyl groups excluding tert-OH is 1. The number of hydrogen-bond acceptors (Lipinski definition) is 4. The number of aromatic nitrogens is 1. The van der Waals surface area contributed by atoms with Gasteiger partial charge in [-0.2, -0.15) is 5.26 Å². The van der Waals surface area contributed by atoms with Gasteiger partial charge in [0.25, 0.3) is 0 Å². The summed E-state index contributed by atoms with van der Waals surface area (Å²) in [4.78, 5) is 5.30. The minimum absolute atomic E-state index is 0.150. The number of hydrogen-bond donors (Lipinski definition) is 1. The Hall–Kier alpha value is -0.920. The number of rotatable bonds is 2. The Bertz CT molecular complexity index is 294. The molecule has 1 aromatic heterocycles. The van der Waals surface area contributed by atoms with E-state index in [0.29, 0.717) is 0 Å². The molecule has 0 spiro atoms. The molecular weight excluding hydrogens is 172 g/mol. The molecule has 0 bridgehead atoms. The Morgan fingerprint density at radius 1 is 1.67 bits per heavy atom. The van der Waals surface area contributed by atoms with E-state index >= 15 is 0 Å². The van der Waals surface area contributed by atoms with E-state index in [-0.39, 0.29) is 6.61 Å². The molecule has 1 atom stereocenters. The van der Waals surface area contributed by atoms with Gasteiger partial charge in [-0.05, 0) is 13.8 Å². The maximum atomic E-state index is 8.82. The number of nitriles is 1. The lowest BCUT2D eigenvalue weighted by Crippen LogP contribution is -1.99. The summed E-state index contributed by atoms with van der Waals surface area (Å²) in [6, 6.07) is 2.01. The van der Waals surface area contributed by atoms with Crippen molar-refractivity contribution in [1.82, 2.24) is 4.98 Å². The molecule has 0 amide bonds. The van der Waals surface area contributed by atoms with E-state index in [0.717, 1.165) is 15.6 Å². The molecule has 0 aliphatic heterocycles. The molecule has 0 radical (unpaired) electrons. The van der Waals surface area contributed by atoms with E-state index in [1.807, 2.05) is 19.9 Å². The number of aryl methyl sites for hydroxylation is 2. The van der Waals surface area contributed by atoms with Crippen molar-refractivity contribution < 1.29 is 5.11 Å². The SMILES string of the molecule is Cc1nc(C(C#N)CO)sc1C. The zero-order valence-electron chi connectivity index (χ0n) is 7.03. The molecule has 0 saturated heterocycles. The lowest BCUT2D eigenvalue weighted by molar-refractivity contribution is 0.285. The minimum atomic E-state index is -0.456. The Labute approximate surface area is 75.3 Å². The second-order valence-corrected chi connectivity index (χ2v) is 3.79. The van der Waals surface area contributed by atoms with Gasteiger partial charge in [0.05, 0.1) is 18.4 Å². The highest BCUT2D eigenvalue weighted by Crippen LogP contribution is 2.23. The van der Waals surface area contributed by atoms with Gasteiger partial charge in [0, 0.05) is 4.88 Å². The van der Waals surface area contributed by atoms with Crippen LogP contribution in [-0.2, 0) is 0 Å². The van der Waals surface area contributed by atoms with Gasteiger partial charge >= 0.3 is 0 Å². The summed E-state index contributed by atoms with van der Waals surface area (Å²) in [6.45, 7) is 3.71. The molecule has 4 heteroatoms. The fraction of sp³-hybridized carbons (Fsp3) is 0.500. The monoisotopic (exact) mass is 182 g/mol. The van der Waals surface area contributed by atoms with Crippen LogP contribution in [0.25, 0.3) is 0 Å². The van der Waals surface area contributed by atoms with E-state index in [2.05, 4.69) is 4.98 Å². The lowest BCUT2D eigenvalue weighted by atomic mass is 10.2. The van der Waals surface area contributed by atoms with Crippen LogP contribution in [-0.4, -0.2) is 16.7 Å². The zero-order chi connectivity index (χ0) is 9.14. The molecular formula is C8H10N2OS. The highest BCUT2D eigenvalue weighted by Gasteiger charge is 2.14. The summed E-state index contributed by atoms with van der Waals surface area (Å²) in [5.74, 6) is -0.456. The van der Waals surface area contributed by atoms with Crippen LogP contribution in [0.5, 0.6) is 0 Å². The fourth-order valence-electron chi connectivity index (χ4n) is 0.821. The van der Waals surface area contributed by atoms with Gasteiger partial charge in [0.1, 0.15) is 10.9 Å². The first kappa shape index (κ1) is 9.17. The molecule has 1 unspecified atom stereocenters. The van der Waals surface area contributed by atoms with E-state index in [1.54, 1.807) is 0 Å². The lowest BCUT2D eigenvalue weighted by Gasteiger charge is -1.97. The number of thiazole rings is 1. The van der Waals surface area contributed by atoms with Crippen molar-refractivity contribution in [1.29, 1.82) is 5.26 Å². The second-order valence-electron chi connectivity index (χ2n) is 2.56. The number of aliphatic hydroxyl groups is 1. The summed E-state index contributed by atoms with van der Waals surface area (Å²) in [7, 11) is 0. The maximum absolute atomic E-state index is 8.82. The zero-order valence-corrected chi connectivity index (χ0v) is 7.85. The normalized spacial score (nSPS) is 12.5. The Balaban J connectivity index is 2.96. The largest absolute Gasteiger partial charge is 0.395 e. The molecule has 64 valence electrons. The molecule has 1 heterocycles. The topological polar surface area (TPSA) is 56.9 Å². The first-order valence-electron chi connectivity index (χ1n) is 3.63. The van der Waals surface area contributed by atoms with E-state index in [1.165, 1.54) is 11.3 Å². The van der Waals surface area contributed by atoms with Crippen molar-refractivity contribution in [2.24, 2.45) is 0 Å². The van der Waals surface area contributed by atoms with Gasteiger partial charge < -0.3 is 5.11 Å². The summed E-state index contributed by atoms with van der Waals surface area (Å²) in [6.07, 6.45) is 0. The molecule has 0 aromatic carbocycles. The molecule has 1 rings (SSSR count). The van der Waals surface area contributed by atoms with Crippen LogP contribution >= 0.6 is 11.3 Å². The van der Waals surface area contributed by atoms with Crippen LogP contribution in [0.1, 0.15) is 21.5 Å². The van der Waals surface area contributed by atoms with Crippen molar-refractivity contribution in [2.45, 2.75) is 19.8 Å². The quantitative estimate of drug-likeness (QED) is 0.751. The first-order valence-corrected chi connectivity index (χ1v) is 4.45. The van der Waals surface area contributed by atoms with Crippen molar-refractivity contribution in [3.63, 3.8) is 0 Å². The van der Waals surface area contributed by atoms with Gasteiger partial charge in [0.15, 0.2) is 0 Å². The molecule has 1 N–H and O–H groups in total. The van der Waals surface area contributed by atoms with Crippen LogP contribution < -0.4 is 0 Å². The van der Waals surface area contributed by atoms with Crippen molar-refractivity contribution in [3.05, 3.63) is 15.6 Å². The van der Waals surface area contributed by atoms with Gasteiger partial charge in [0.2, 0.25) is 0 Å². The molecule has 1 aromatic rings. The maximum Gasteiger partial charge on any atom is 0.121 e. The smallest absolute Gasteiger partial charge is 0.121 e. The van der Waals surface area contributed by atoms with Crippen LogP contribution in [0, 0.1) is 25.2 Å². The Kier molecular flexibility index (Phi) is 2.79. The van der Waals surface area contributed by atoms with E-state index in [9.17, 15) is 0 Å². The molecule has 0 aliphatic rings. The van der Waals surface area contributed by atoms with Crippen molar-refractivity contribution in [3.8, 4) is 6.07 Å². The third-order valence-electron chi connectivity index (χ3n) is 1.68. The van der Waals surface area contributed by atoms with Crippen LogP contribution in [0.2, 0.25) is 0 Å². The minimum Gasteiger partial charge on any atom is -0.395 e. The Morgan fingerprint density at radius 3 is 2.67 bits per heavy atom. The van der Waals surface area contributed by atoms with Crippen molar-refractivity contribution in [2.75, 3.05) is 6.61 Å². The summed E-state index contributed by atoms with van der Waals surface area (Å²) in [5.41, 5.74) is 0.948. The van der Waals surface area contributed by atoms with Crippen LogP contribution in [0.15, 0.2) is 0 Å². The second kappa shape index (κ2) is 3.65. The van der Waals surface area contributed by atoms with E-state index in [4.69, 9.17) is 10.4 Å². The highest BCUT2D eigenvalue weighted by atomic mass is 32.1. The fourth-order valence-corrected chi connectivity index (χ4v) is 1.78. The highest BCUT2D eigenvalue weighted by molar-refractivity contribution is 7.11. The van der Waals surface area contributed by atoms with Gasteiger partial charge in [-0.25, -0.2) is 4.98 Å². The van der Waals surface area contributed by atoms with Crippen molar-refractivity contribution >= 4 is 11.3 Å². The third-order valence-corrected chi connectivity index (χ3v) is 2.87. The third kappa shape index (κ3) is 1.63. The molecule has 12 heavy (non-hydrogen) atoms. The predicted molar refractivity (Wildman–Crippen MR) is 47.0 cm³/mol. The molecule has 0 aliphatic carbocycles. The summed E-state index contributed by atoms with van der Waals surface area (Å²) < 4.78 is 0. The van der Waals surface area contributed by atoms with E-state index < -0.39 is 5.92 Å². The summed E-state index contributed by atoms with van der Waals surface area (Å²) >= 11 is 1.48. The van der Waals surface area contributed by atoms with Gasteiger partial charge in [-0.3, -0.25) is 0 Å².